The van der Waals surface area contributed by atoms with Gasteiger partial charge in [0.05, 0.1) is 16.6 Å². The normalized spacial score (nSPS) is 18.5. The average molecular weight is 583 g/mol. The van der Waals surface area contributed by atoms with Gasteiger partial charge in [-0.2, -0.15) is 0 Å². The van der Waals surface area contributed by atoms with Crippen molar-refractivity contribution in [3.63, 3.8) is 0 Å². The van der Waals surface area contributed by atoms with Crippen molar-refractivity contribution < 1.29 is 17.2 Å². The third kappa shape index (κ3) is 5.99. The van der Waals surface area contributed by atoms with Crippen LogP contribution in [0.1, 0.15) is 47.6 Å². The van der Waals surface area contributed by atoms with E-state index in [4.69, 9.17) is 5.14 Å². The van der Waals surface area contributed by atoms with Gasteiger partial charge in [-0.3, -0.25) is 9.36 Å². The first kappa shape index (κ1) is 28.8. The molecule has 3 N–H and O–H groups in total. The molecule has 0 saturated heterocycles. The quantitative estimate of drug-likeness (QED) is 0.337. The molecule has 1 aliphatic carbocycles. The van der Waals surface area contributed by atoms with Crippen molar-refractivity contribution >= 4 is 26.9 Å². The number of nitrogens with one attached hydrogen (secondary N) is 1. The minimum atomic E-state index is -4.30. The fourth-order valence-corrected chi connectivity index (χ4v) is 6.61. The summed E-state index contributed by atoms with van der Waals surface area (Å²) in [6.07, 6.45) is 7.20. The van der Waals surface area contributed by atoms with Crippen LogP contribution in [-0.2, 0) is 10.0 Å². The summed E-state index contributed by atoms with van der Waals surface area (Å²) >= 11 is 0. The lowest BCUT2D eigenvalue weighted by Crippen LogP contribution is -2.36. The monoisotopic (exact) mass is 582 g/mol. The molecule has 5 rings (SSSR count). The van der Waals surface area contributed by atoms with Crippen molar-refractivity contribution in [3.05, 3.63) is 93.5 Å². The number of hydrogen-bond acceptors (Lipinski definition) is 7. The highest BCUT2D eigenvalue weighted by atomic mass is 32.2. The number of hydrogen-bond donors (Lipinski definition) is 2. The molecule has 2 aromatic heterocycles. The third-order valence-corrected chi connectivity index (χ3v) is 8.92. The fraction of sp³-hybridized carbons (Fsp3) is 0.345. The highest BCUT2D eigenvalue weighted by Gasteiger charge is 2.29. The van der Waals surface area contributed by atoms with Gasteiger partial charge in [0.25, 0.3) is 5.56 Å². The number of pyridine rings is 1. The fourth-order valence-electron chi connectivity index (χ4n) is 5.52. The van der Waals surface area contributed by atoms with Crippen LogP contribution in [-0.4, -0.2) is 54.0 Å². The van der Waals surface area contributed by atoms with Crippen LogP contribution in [0.2, 0.25) is 0 Å². The van der Waals surface area contributed by atoms with E-state index < -0.39 is 32.5 Å². The molecule has 0 spiro atoms. The van der Waals surface area contributed by atoms with E-state index in [9.17, 15) is 17.6 Å². The summed E-state index contributed by atoms with van der Waals surface area (Å²) in [5.74, 6) is -0.991. The number of fused-ring (bicyclic) bond motifs is 1. The van der Waals surface area contributed by atoms with Crippen LogP contribution in [0.4, 0.5) is 14.7 Å². The lowest BCUT2D eigenvalue weighted by molar-refractivity contribution is 0.221. The molecule has 0 amide bonds. The largest absolute Gasteiger partial charge is 0.351 e. The van der Waals surface area contributed by atoms with Crippen LogP contribution < -0.4 is 16.0 Å². The standard InChI is InChI=1S/C29H32F2N6O3S/c1-17-16-37(22-12-13-23(25(31)14-22)27(41(32,39)40)18-4-6-19(30)7-5-18)28(38)24-15-33-29(35-26(17)24)34-20-8-10-21(11-9-20)36(2)3/h4-7,12-16,20-21,27H,8-11H2,1-3H3,(H2,32,39,40)(H,33,34,35). The van der Waals surface area contributed by atoms with E-state index >= 15 is 4.39 Å². The Labute approximate surface area is 237 Å². The summed E-state index contributed by atoms with van der Waals surface area (Å²) < 4.78 is 54.9. The van der Waals surface area contributed by atoms with E-state index in [0.717, 1.165) is 43.9 Å². The van der Waals surface area contributed by atoms with Crippen molar-refractivity contribution in [2.24, 2.45) is 5.14 Å². The lowest BCUT2D eigenvalue weighted by Gasteiger charge is -2.32. The van der Waals surface area contributed by atoms with Gasteiger partial charge in [0.1, 0.15) is 16.9 Å². The Hall–Kier alpha value is -3.74. The maximum atomic E-state index is 15.4. The van der Waals surface area contributed by atoms with Gasteiger partial charge in [0.2, 0.25) is 16.0 Å². The number of nitrogens with two attached hydrogens (primary N) is 1. The van der Waals surface area contributed by atoms with E-state index in [1.165, 1.54) is 35.0 Å². The number of aryl methyl sites for hydroxylation is 1. The van der Waals surface area contributed by atoms with E-state index in [1.807, 2.05) is 0 Å². The minimum absolute atomic E-state index is 0.117. The molecule has 0 bridgehead atoms. The highest BCUT2D eigenvalue weighted by Crippen LogP contribution is 2.32. The van der Waals surface area contributed by atoms with Crippen LogP contribution in [0.15, 0.2) is 59.7 Å². The van der Waals surface area contributed by atoms with Crippen LogP contribution in [0, 0.1) is 18.6 Å². The van der Waals surface area contributed by atoms with E-state index in [2.05, 4.69) is 34.3 Å². The Bertz CT molecular complexity index is 1750. The average Bonchev–Trinajstić information content (AvgIpc) is 2.92. The van der Waals surface area contributed by atoms with Crippen molar-refractivity contribution in [3.8, 4) is 5.69 Å². The molecule has 1 saturated carbocycles. The molecular formula is C29H32F2N6O3S. The van der Waals surface area contributed by atoms with Gasteiger partial charge < -0.3 is 10.2 Å². The Morgan fingerprint density at radius 1 is 1.07 bits per heavy atom. The van der Waals surface area contributed by atoms with Gasteiger partial charge in [-0.05, 0) is 82.1 Å². The molecule has 12 heteroatoms. The summed E-state index contributed by atoms with van der Waals surface area (Å²) in [5.41, 5.74) is 0.817. The van der Waals surface area contributed by atoms with Crippen molar-refractivity contribution in [1.82, 2.24) is 19.4 Å². The number of benzene rings is 2. The summed E-state index contributed by atoms with van der Waals surface area (Å²) in [7, 11) is -0.113. The SMILES string of the molecule is Cc1cn(-c2ccc(C(c3ccc(F)cc3)S(N)(=O)=O)c(F)c2)c(=O)c2cnc(NC3CCC(N(C)C)CC3)nc12. The first-order chi connectivity index (χ1) is 19.4. The lowest BCUT2D eigenvalue weighted by atomic mass is 9.91. The van der Waals surface area contributed by atoms with E-state index in [0.29, 0.717) is 23.1 Å². The van der Waals surface area contributed by atoms with E-state index in [1.54, 1.807) is 13.1 Å². The van der Waals surface area contributed by atoms with Gasteiger partial charge >= 0.3 is 0 Å². The number of primary sulfonamides is 1. The zero-order valence-corrected chi connectivity index (χ0v) is 23.8. The number of aromatic nitrogens is 3. The second-order valence-electron chi connectivity index (χ2n) is 10.8. The zero-order valence-electron chi connectivity index (χ0n) is 23.0. The molecule has 216 valence electrons. The molecule has 9 nitrogen and oxygen atoms in total. The Balaban J connectivity index is 1.45. The maximum Gasteiger partial charge on any atom is 0.266 e. The molecule has 1 atom stereocenters. The number of anilines is 1. The highest BCUT2D eigenvalue weighted by molar-refractivity contribution is 7.89. The van der Waals surface area contributed by atoms with Gasteiger partial charge in [-0.15, -0.1) is 0 Å². The Morgan fingerprint density at radius 3 is 2.37 bits per heavy atom. The maximum absolute atomic E-state index is 15.4. The predicted molar refractivity (Wildman–Crippen MR) is 155 cm³/mol. The molecule has 4 aromatic rings. The van der Waals surface area contributed by atoms with Crippen LogP contribution in [0.5, 0.6) is 0 Å². The summed E-state index contributed by atoms with van der Waals surface area (Å²) in [4.78, 5) is 24.7. The molecule has 0 radical (unpaired) electrons. The minimum Gasteiger partial charge on any atom is -0.351 e. The van der Waals surface area contributed by atoms with Crippen LogP contribution in [0.25, 0.3) is 16.6 Å². The summed E-state index contributed by atoms with van der Waals surface area (Å²) in [5, 5.41) is 7.55. The summed E-state index contributed by atoms with van der Waals surface area (Å²) in [6.45, 7) is 1.80. The number of halogens is 2. The Morgan fingerprint density at radius 2 is 1.76 bits per heavy atom. The summed E-state index contributed by atoms with van der Waals surface area (Å²) in [6, 6.07) is 9.24. The van der Waals surface area contributed by atoms with Gasteiger partial charge in [-0.25, -0.2) is 32.3 Å². The second-order valence-corrected chi connectivity index (χ2v) is 12.4. The topological polar surface area (TPSA) is 123 Å². The van der Waals surface area contributed by atoms with Gasteiger partial charge in [0, 0.05) is 30.0 Å². The van der Waals surface area contributed by atoms with Crippen molar-refractivity contribution in [2.45, 2.75) is 49.9 Å². The number of sulfonamides is 1. The molecule has 1 aliphatic rings. The number of rotatable bonds is 7. The second kappa shape index (κ2) is 11.3. The Kier molecular flexibility index (Phi) is 7.91. The smallest absolute Gasteiger partial charge is 0.266 e. The first-order valence-electron chi connectivity index (χ1n) is 13.3. The van der Waals surface area contributed by atoms with Crippen molar-refractivity contribution in [2.75, 3.05) is 19.4 Å². The molecule has 2 heterocycles. The number of nitrogens with zero attached hydrogens (tertiary/aromatic N) is 4. The van der Waals surface area contributed by atoms with Crippen molar-refractivity contribution in [1.29, 1.82) is 0 Å². The predicted octanol–water partition coefficient (Wildman–Crippen LogP) is 4.03. The zero-order chi connectivity index (χ0) is 29.5. The van der Waals surface area contributed by atoms with E-state index in [-0.39, 0.29) is 28.2 Å². The molecule has 1 unspecified atom stereocenters. The first-order valence-corrected chi connectivity index (χ1v) is 14.9. The van der Waals surface area contributed by atoms with Crippen LogP contribution in [0.3, 0.4) is 0 Å². The van der Waals surface area contributed by atoms with Crippen LogP contribution >= 0.6 is 0 Å². The molecular weight excluding hydrogens is 550 g/mol. The molecule has 41 heavy (non-hydrogen) atoms. The van der Waals surface area contributed by atoms with Gasteiger partial charge in [0.15, 0.2) is 0 Å². The molecule has 2 aromatic carbocycles. The third-order valence-electron chi connectivity index (χ3n) is 7.74. The van der Waals surface area contributed by atoms with Gasteiger partial charge in [-0.1, -0.05) is 18.2 Å². The molecule has 0 aliphatic heterocycles. The molecule has 1 fully saturated rings.